The van der Waals surface area contributed by atoms with Gasteiger partial charge >= 0.3 is 0 Å². The molecule has 0 saturated heterocycles. The van der Waals surface area contributed by atoms with Crippen molar-refractivity contribution in [2.45, 2.75) is 187 Å². The maximum atomic E-state index is 4.17. The highest BCUT2D eigenvalue weighted by molar-refractivity contribution is 7.09. The average Bonchev–Trinajstić information content (AvgIpc) is 3.72. The van der Waals surface area contributed by atoms with E-state index in [2.05, 4.69) is 133 Å². The van der Waals surface area contributed by atoms with Crippen molar-refractivity contribution in [3.05, 3.63) is 83.1 Å². The van der Waals surface area contributed by atoms with Crippen LogP contribution in [0.5, 0.6) is 0 Å². The molecule has 0 radical (unpaired) electrons. The predicted molar refractivity (Wildman–Crippen MR) is 259 cm³/mol. The molecule has 0 unspecified atom stereocenters. The van der Waals surface area contributed by atoms with E-state index in [9.17, 15) is 0 Å². The van der Waals surface area contributed by atoms with Crippen molar-refractivity contribution < 1.29 is 0 Å². The number of nitrogens with zero attached hydrogens (tertiary/aromatic N) is 4. The van der Waals surface area contributed by atoms with Gasteiger partial charge in [0.05, 0.1) is 11.3 Å². The van der Waals surface area contributed by atoms with E-state index >= 15 is 0 Å². The lowest BCUT2D eigenvalue weighted by Crippen LogP contribution is -2.16. The second-order valence-corrected chi connectivity index (χ2v) is 21.1. The van der Waals surface area contributed by atoms with Gasteiger partial charge in [-0.3, -0.25) is 4.98 Å². The van der Waals surface area contributed by atoms with E-state index in [1.807, 2.05) is 42.4 Å². The quantitative estimate of drug-likeness (QED) is 0.149. The van der Waals surface area contributed by atoms with E-state index in [0.29, 0.717) is 11.8 Å². The highest BCUT2D eigenvalue weighted by Crippen LogP contribution is 2.35. The lowest BCUT2D eigenvalue weighted by molar-refractivity contribution is 0.235. The van der Waals surface area contributed by atoms with Gasteiger partial charge in [0.2, 0.25) is 0 Å². The van der Waals surface area contributed by atoms with Crippen molar-refractivity contribution >= 4 is 11.3 Å². The molecule has 0 aromatic carbocycles. The minimum Gasteiger partial charge on any atom is -0.349 e. The lowest BCUT2D eigenvalue weighted by Gasteiger charge is -2.28. The molecule has 0 bridgehead atoms. The molecular weight excluding hydrogens is 741 g/mol. The number of hydrogen-bond acceptors (Lipinski definition) is 5. The summed E-state index contributed by atoms with van der Waals surface area (Å²) in [6.07, 6.45) is 32.2. The molecule has 7 heteroatoms. The summed E-state index contributed by atoms with van der Waals surface area (Å²) < 4.78 is 0. The Hall–Kier alpha value is -2.80. The van der Waals surface area contributed by atoms with Crippen molar-refractivity contribution in [2.24, 2.45) is 59.2 Å². The molecule has 3 saturated carbocycles. The van der Waals surface area contributed by atoms with E-state index in [0.717, 1.165) is 78.9 Å². The Bertz CT molecular complexity index is 1320. The standard InChI is InChI=1S/C9H13N.C8H16.2C7H12N2.C7H11NS.2C7H14/c1-8(2)6-9-4-3-5-10-7-9;1-7(2)8-5-3-4-6-8;1-6(2)3-7-4-8-5-9-7;2*1-6(2)5-7-8-3-4-9-7;1-6(2)5-7-3-4-7;1-6(2)7-4-3-5-7/h3-5,7-8H,6H2,1-2H3;7-8H,3-6H2,1-2H3;4-6H,3H2,1-2H3,(H,8,9);3-4,6H,5H2,1-2H3,(H,8,9);3-4,6H,5H2,1-2H3;2*6-7H,3-5H2,1-2H3. The van der Waals surface area contributed by atoms with Crippen molar-refractivity contribution in [1.82, 2.24) is 29.9 Å². The van der Waals surface area contributed by atoms with Gasteiger partial charge in [0, 0.05) is 61.1 Å². The Balaban J connectivity index is 0.000000345. The number of rotatable bonds is 12. The summed E-state index contributed by atoms with van der Waals surface area (Å²) in [5, 5.41) is 3.28. The third kappa shape index (κ3) is 31.7. The molecule has 2 N–H and O–H groups in total. The van der Waals surface area contributed by atoms with E-state index < -0.39 is 0 Å². The smallest absolute Gasteiger partial charge is 0.106 e. The average molecular weight is 833 g/mol. The fourth-order valence-electron chi connectivity index (χ4n) is 7.08. The fourth-order valence-corrected chi connectivity index (χ4v) is 7.91. The van der Waals surface area contributed by atoms with Gasteiger partial charge in [0.25, 0.3) is 0 Å². The first-order chi connectivity index (χ1) is 28.0. The third-order valence-electron chi connectivity index (χ3n) is 10.7. The van der Waals surface area contributed by atoms with Crippen molar-refractivity contribution in [2.75, 3.05) is 0 Å². The summed E-state index contributed by atoms with van der Waals surface area (Å²) in [5.74, 6) is 10.1. The highest BCUT2D eigenvalue weighted by Gasteiger charge is 2.21. The monoisotopic (exact) mass is 833 g/mol. The number of hydrogen-bond donors (Lipinski definition) is 2. The van der Waals surface area contributed by atoms with E-state index in [4.69, 9.17) is 0 Å². The molecular formula is C52H92N6S. The van der Waals surface area contributed by atoms with Gasteiger partial charge < -0.3 is 9.97 Å². The Morgan fingerprint density at radius 2 is 1.17 bits per heavy atom. The summed E-state index contributed by atoms with van der Waals surface area (Å²) >= 11 is 1.74. The van der Waals surface area contributed by atoms with Crippen LogP contribution in [0.25, 0.3) is 0 Å². The van der Waals surface area contributed by atoms with E-state index in [1.165, 1.54) is 80.5 Å². The summed E-state index contributed by atoms with van der Waals surface area (Å²) in [7, 11) is 0. The van der Waals surface area contributed by atoms with Gasteiger partial charge in [-0.25, -0.2) is 15.0 Å². The van der Waals surface area contributed by atoms with Crippen LogP contribution in [-0.4, -0.2) is 29.9 Å². The minimum absolute atomic E-state index is 0.691. The number of imidazole rings is 2. The molecule has 4 aromatic heterocycles. The molecule has 4 aromatic rings. The lowest BCUT2D eigenvalue weighted by atomic mass is 9.78. The van der Waals surface area contributed by atoms with Gasteiger partial charge in [-0.15, -0.1) is 11.3 Å². The van der Waals surface area contributed by atoms with Crippen molar-refractivity contribution in [1.29, 1.82) is 0 Å². The second kappa shape index (κ2) is 32.9. The number of aromatic nitrogens is 6. The molecule has 3 fully saturated rings. The zero-order valence-electron chi connectivity index (χ0n) is 40.6. The molecule has 59 heavy (non-hydrogen) atoms. The van der Waals surface area contributed by atoms with Crippen LogP contribution in [0.2, 0.25) is 0 Å². The molecule has 0 spiro atoms. The molecule has 6 nitrogen and oxygen atoms in total. The van der Waals surface area contributed by atoms with Gasteiger partial charge in [0.1, 0.15) is 5.82 Å². The number of pyridine rings is 1. The Morgan fingerprint density at radius 3 is 1.51 bits per heavy atom. The van der Waals surface area contributed by atoms with Crippen LogP contribution in [0.4, 0.5) is 0 Å². The van der Waals surface area contributed by atoms with Crippen LogP contribution in [-0.2, 0) is 25.7 Å². The van der Waals surface area contributed by atoms with E-state index in [1.54, 1.807) is 23.9 Å². The zero-order valence-corrected chi connectivity index (χ0v) is 41.5. The van der Waals surface area contributed by atoms with Gasteiger partial charge in [-0.05, 0) is 90.1 Å². The number of thiazole rings is 1. The summed E-state index contributed by atoms with van der Waals surface area (Å²) in [6.45, 7) is 31.5. The van der Waals surface area contributed by atoms with Gasteiger partial charge in [0.15, 0.2) is 0 Å². The maximum Gasteiger partial charge on any atom is 0.106 e. The molecule has 0 aliphatic heterocycles. The van der Waals surface area contributed by atoms with Gasteiger partial charge in [-0.1, -0.05) is 161 Å². The van der Waals surface area contributed by atoms with Crippen molar-refractivity contribution in [3.8, 4) is 0 Å². The highest BCUT2D eigenvalue weighted by atomic mass is 32.1. The molecule has 3 aliphatic carbocycles. The largest absolute Gasteiger partial charge is 0.349 e. The first-order valence-corrected chi connectivity index (χ1v) is 24.7. The number of nitrogens with one attached hydrogen (secondary N) is 2. The summed E-state index contributed by atoms with van der Waals surface area (Å²) in [6, 6.07) is 4.10. The molecule has 3 aliphatic rings. The van der Waals surface area contributed by atoms with Crippen LogP contribution >= 0.6 is 11.3 Å². The predicted octanol–water partition coefficient (Wildman–Crippen LogP) is 15.6. The molecule has 336 valence electrons. The van der Waals surface area contributed by atoms with Crippen LogP contribution in [0.1, 0.15) is 183 Å². The van der Waals surface area contributed by atoms with Crippen molar-refractivity contribution in [3.63, 3.8) is 0 Å². The Morgan fingerprint density at radius 1 is 0.576 bits per heavy atom. The minimum atomic E-state index is 0.691. The first kappa shape index (κ1) is 54.2. The van der Waals surface area contributed by atoms with Crippen LogP contribution in [0.15, 0.2) is 61.0 Å². The topological polar surface area (TPSA) is 83.1 Å². The summed E-state index contributed by atoms with van der Waals surface area (Å²) in [5.41, 5.74) is 2.56. The maximum absolute atomic E-state index is 4.17. The number of H-pyrrole nitrogens is 2. The second-order valence-electron chi connectivity index (χ2n) is 20.1. The Labute approximate surface area is 368 Å². The summed E-state index contributed by atoms with van der Waals surface area (Å²) in [4.78, 5) is 22.3. The number of aromatic amines is 2. The van der Waals surface area contributed by atoms with Crippen LogP contribution < -0.4 is 0 Å². The molecule has 0 atom stereocenters. The zero-order chi connectivity index (χ0) is 44.0. The molecule has 0 amide bonds. The van der Waals surface area contributed by atoms with Crippen LogP contribution in [0.3, 0.4) is 0 Å². The first-order valence-electron chi connectivity index (χ1n) is 23.8. The molecule has 7 rings (SSSR count). The van der Waals surface area contributed by atoms with Crippen LogP contribution in [0, 0.1) is 59.2 Å². The molecule has 4 heterocycles. The Kier molecular flexibility index (Phi) is 30.2. The normalized spacial score (nSPS) is 14.9. The third-order valence-corrected chi connectivity index (χ3v) is 11.5. The SMILES string of the molecule is CC(C)C1CCC1.CC(C)C1CCCC1.CC(C)CC1CC1.CC(C)Cc1cccnc1.CC(C)Cc1cnc[nH]1.CC(C)Cc1ncc[nH]1.CC(C)Cc1nccs1. The van der Waals surface area contributed by atoms with E-state index in [-0.39, 0.29) is 0 Å². The van der Waals surface area contributed by atoms with Gasteiger partial charge in [-0.2, -0.15) is 0 Å². The fraction of sp³-hybridized carbons (Fsp3) is 0.731.